The third kappa shape index (κ3) is 4.27. The van der Waals surface area contributed by atoms with Crippen LogP contribution in [-0.2, 0) is 11.2 Å². The Hall–Kier alpha value is -0.450. The zero-order valence-electron chi connectivity index (χ0n) is 13.1. The van der Waals surface area contributed by atoms with Gasteiger partial charge in [0.05, 0.1) is 17.3 Å². The first kappa shape index (κ1) is 15.9. The maximum atomic E-state index is 5.13. The van der Waals surface area contributed by atoms with E-state index in [1.807, 2.05) is 11.3 Å². The number of thiazole rings is 1. The van der Waals surface area contributed by atoms with E-state index in [0.717, 1.165) is 26.1 Å². The van der Waals surface area contributed by atoms with Gasteiger partial charge in [-0.25, -0.2) is 4.98 Å². The summed E-state index contributed by atoms with van der Waals surface area (Å²) in [5.74, 6) is 0. The maximum Gasteiger partial charge on any atom is 0.0936 e. The van der Waals surface area contributed by atoms with Gasteiger partial charge in [-0.2, -0.15) is 0 Å². The zero-order chi connectivity index (χ0) is 14.4. The summed E-state index contributed by atoms with van der Waals surface area (Å²) in [5, 5.41) is 4.92. The molecule has 2 rings (SSSR count). The number of methoxy groups -OCH3 is 1. The lowest BCUT2D eigenvalue weighted by Crippen LogP contribution is -2.39. The summed E-state index contributed by atoms with van der Waals surface area (Å²) in [4.78, 5) is 6.13. The van der Waals surface area contributed by atoms with Gasteiger partial charge < -0.3 is 10.1 Å². The molecule has 0 radical (unpaired) electrons. The average Bonchev–Trinajstić information content (AvgIpc) is 2.74. The van der Waals surface area contributed by atoms with Crippen molar-refractivity contribution in [3.8, 4) is 0 Å². The van der Waals surface area contributed by atoms with Gasteiger partial charge in [-0.1, -0.05) is 19.3 Å². The van der Waals surface area contributed by atoms with Crippen molar-refractivity contribution in [3.63, 3.8) is 0 Å². The van der Waals surface area contributed by atoms with Crippen LogP contribution >= 0.6 is 11.3 Å². The van der Waals surface area contributed by atoms with E-state index < -0.39 is 0 Å². The fraction of sp³-hybridized carbons (Fsp3) is 0.812. The normalized spacial score (nSPS) is 18.4. The monoisotopic (exact) mass is 296 g/mol. The molecule has 1 aliphatic carbocycles. The van der Waals surface area contributed by atoms with Crippen molar-refractivity contribution in [2.75, 3.05) is 26.8 Å². The minimum absolute atomic E-state index is 0.419. The van der Waals surface area contributed by atoms with E-state index in [0.29, 0.717) is 5.41 Å². The third-order valence-corrected chi connectivity index (χ3v) is 5.57. The second-order valence-electron chi connectivity index (χ2n) is 6.16. The summed E-state index contributed by atoms with van der Waals surface area (Å²) in [6, 6.07) is 0. The van der Waals surface area contributed by atoms with E-state index in [4.69, 9.17) is 9.72 Å². The molecule has 1 aromatic heterocycles. The minimum atomic E-state index is 0.419. The van der Waals surface area contributed by atoms with Crippen molar-refractivity contribution < 1.29 is 4.74 Å². The van der Waals surface area contributed by atoms with Crippen LogP contribution in [0.3, 0.4) is 0 Å². The minimum Gasteiger partial charge on any atom is -0.383 e. The Morgan fingerprint density at radius 2 is 2.00 bits per heavy atom. The van der Waals surface area contributed by atoms with Gasteiger partial charge in [0.2, 0.25) is 0 Å². The number of ether oxygens (including phenoxy) is 1. The van der Waals surface area contributed by atoms with Crippen LogP contribution in [0, 0.1) is 19.3 Å². The molecule has 0 saturated heterocycles. The molecule has 1 fully saturated rings. The molecule has 114 valence electrons. The predicted molar refractivity (Wildman–Crippen MR) is 85.6 cm³/mol. The standard InChI is InChI=1S/C16H28N2OS/c1-13-14(2)20-15(18-13)11-16(7-5-4-6-8-16)12-17-9-10-19-3/h17H,4-12H2,1-3H3. The average molecular weight is 296 g/mol. The van der Waals surface area contributed by atoms with Gasteiger partial charge in [-0.3, -0.25) is 0 Å². The van der Waals surface area contributed by atoms with Gasteiger partial charge in [0.15, 0.2) is 0 Å². The highest BCUT2D eigenvalue weighted by Crippen LogP contribution is 2.39. The maximum absolute atomic E-state index is 5.13. The van der Waals surface area contributed by atoms with E-state index in [1.54, 1.807) is 7.11 Å². The van der Waals surface area contributed by atoms with Crippen molar-refractivity contribution in [2.24, 2.45) is 5.41 Å². The summed E-state index contributed by atoms with van der Waals surface area (Å²) in [6.45, 7) is 7.16. The van der Waals surface area contributed by atoms with E-state index in [2.05, 4.69) is 19.2 Å². The van der Waals surface area contributed by atoms with Gasteiger partial charge >= 0.3 is 0 Å². The first-order valence-electron chi connectivity index (χ1n) is 7.78. The van der Waals surface area contributed by atoms with Crippen LogP contribution in [0.4, 0.5) is 0 Å². The molecule has 3 nitrogen and oxygen atoms in total. The van der Waals surface area contributed by atoms with Gasteiger partial charge in [-0.05, 0) is 32.1 Å². The predicted octanol–water partition coefficient (Wildman–Crippen LogP) is 3.49. The van der Waals surface area contributed by atoms with E-state index in [9.17, 15) is 0 Å². The molecule has 0 aromatic carbocycles. The van der Waals surface area contributed by atoms with E-state index >= 15 is 0 Å². The molecule has 1 heterocycles. The molecule has 20 heavy (non-hydrogen) atoms. The fourth-order valence-electron chi connectivity index (χ4n) is 3.18. The van der Waals surface area contributed by atoms with Crippen LogP contribution in [0.2, 0.25) is 0 Å². The van der Waals surface area contributed by atoms with Gasteiger partial charge in [0, 0.05) is 31.5 Å². The quantitative estimate of drug-likeness (QED) is 0.782. The van der Waals surface area contributed by atoms with Crippen LogP contribution in [0.5, 0.6) is 0 Å². The van der Waals surface area contributed by atoms with Gasteiger partial charge in [0.25, 0.3) is 0 Å². The Morgan fingerprint density at radius 1 is 1.25 bits per heavy atom. The summed E-state index contributed by atoms with van der Waals surface area (Å²) in [5.41, 5.74) is 1.63. The SMILES string of the molecule is COCCNCC1(Cc2nc(C)c(C)s2)CCCCC1. The van der Waals surface area contributed by atoms with Crippen molar-refractivity contribution in [3.05, 3.63) is 15.6 Å². The lowest BCUT2D eigenvalue weighted by Gasteiger charge is -2.37. The summed E-state index contributed by atoms with van der Waals surface area (Å²) >= 11 is 1.89. The van der Waals surface area contributed by atoms with Crippen LogP contribution in [0.25, 0.3) is 0 Å². The number of aromatic nitrogens is 1. The molecule has 0 atom stereocenters. The first-order chi connectivity index (χ1) is 9.65. The number of aryl methyl sites for hydroxylation is 2. The fourth-order valence-corrected chi connectivity index (χ4v) is 4.29. The van der Waals surface area contributed by atoms with Crippen molar-refractivity contribution in [1.29, 1.82) is 0 Å². The van der Waals surface area contributed by atoms with Crippen LogP contribution in [0.15, 0.2) is 0 Å². The Labute approximate surface area is 127 Å². The number of nitrogens with zero attached hydrogens (tertiary/aromatic N) is 1. The van der Waals surface area contributed by atoms with Crippen LogP contribution in [0.1, 0.15) is 47.7 Å². The molecule has 1 aliphatic rings. The van der Waals surface area contributed by atoms with Gasteiger partial charge in [0.1, 0.15) is 0 Å². The number of nitrogens with one attached hydrogen (secondary N) is 1. The van der Waals surface area contributed by atoms with E-state index in [1.165, 1.54) is 47.7 Å². The molecule has 1 aromatic rings. The molecule has 1 saturated carbocycles. The number of hydrogen-bond acceptors (Lipinski definition) is 4. The lowest BCUT2D eigenvalue weighted by atomic mass is 9.72. The molecule has 1 N–H and O–H groups in total. The van der Waals surface area contributed by atoms with Crippen LogP contribution < -0.4 is 5.32 Å². The van der Waals surface area contributed by atoms with Gasteiger partial charge in [-0.15, -0.1) is 11.3 Å². The smallest absolute Gasteiger partial charge is 0.0936 e. The molecular formula is C16H28N2OS. The summed E-state index contributed by atoms with van der Waals surface area (Å²) in [6.07, 6.45) is 7.96. The zero-order valence-corrected chi connectivity index (χ0v) is 13.9. The molecule has 0 aliphatic heterocycles. The first-order valence-corrected chi connectivity index (χ1v) is 8.59. The summed E-state index contributed by atoms with van der Waals surface area (Å²) in [7, 11) is 1.76. The Morgan fingerprint density at radius 3 is 2.60 bits per heavy atom. The third-order valence-electron chi connectivity index (χ3n) is 4.50. The summed E-state index contributed by atoms with van der Waals surface area (Å²) < 4.78 is 5.13. The van der Waals surface area contributed by atoms with Crippen molar-refractivity contribution >= 4 is 11.3 Å². The second-order valence-corrected chi connectivity index (χ2v) is 7.44. The largest absolute Gasteiger partial charge is 0.383 e. The number of rotatable bonds is 7. The highest BCUT2D eigenvalue weighted by molar-refractivity contribution is 7.11. The number of hydrogen-bond donors (Lipinski definition) is 1. The van der Waals surface area contributed by atoms with E-state index in [-0.39, 0.29) is 0 Å². The molecule has 0 amide bonds. The highest BCUT2D eigenvalue weighted by Gasteiger charge is 2.32. The topological polar surface area (TPSA) is 34.1 Å². The van der Waals surface area contributed by atoms with Crippen molar-refractivity contribution in [2.45, 2.75) is 52.4 Å². The molecule has 0 unspecified atom stereocenters. The highest BCUT2D eigenvalue weighted by atomic mass is 32.1. The van der Waals surface area contributed by atoms with Crippen LogP contribution in [-0.4, -0.2) is 31.8 Å². The molecule has 4 heteroatoms. The molecule has 0 bridgehead atoms. The lowest BCUT2D eigenvalue weighted by molar-refractivity contribution is 0.162. The Kier molecular flexibility index (Phi) is 6.00. The Balaban J connectivity index is 1.98. The molecular weight excluding hydrogens is 268 g/mol. The van der Waals surface area contributed by atoms with Crippen molar-refractivity contribution in [1.82, 2.24) is 10.3 Å². The second kappa shape index (κ2) is 7.53. The molecule has 0 spiro atoms. The Bertz CT molecular complexity index is 391.